The average Bonchev–Trinajstić information content (AvgIpc) is 2.70. The van der Waals surface area contributed by atoms with E-state index in [1.54, 1.807) is 29.8 Å². The molecule has 28 heavy (non-hydrogen) atoms. The zero-order valence-corrected chi connectivity index (χ0v) is 16.6. The quantitative estimate of drug-likeness (QED) is 0.707. The number of aromatic nitrogens is 1. The van der Waals surface area contributed by atoms with Gasteiger partial charge in [0.05, 0.1) is 42.9 Å². The molecule has 1 heterocycles. The number of ether oxygens (including phenoxy) is 3. The predicted octanol–water partition coefficient (Wildman–Crippen LogP) is 3.47. The van der Waals surface area contributed by atoms with E-state index in [2.05, 4.69) is 5.32 Å². The summed E-state index contributed by atoms with van der Waals surface area (Å²) in [4.78, 5) is 25.8. The minimum Gasteiger partial charge on any atom is -0.495 e. The van der Waals surface area contributed by atoms with Crippen molar-refractivity contribution in [3.63, 3.8) is 0 Å². The molecule has 1 aromatic heterocycles. The number of methoxy groups -OCH3 is 3. The first-order valence-corrected chi connectivity index (χ1v) is 8.68. The molecule has 8 heteroatoms. The van der Waals surface area contributed by atoms with Gasteiger partial charge in [-0.3, -0.25) is 9.59 Å². The van der Waals surface area contributed by atoms with Crippen LogP contribution in [0.25, 0.3) is 10.9 Å². The number of hydrogen-bond acceptors (Lipinski definition) is 5. The van der Waals surface area contributed by atoms with Crippen LogP contribution in [0, 0.1) is 0 Å². The number of pyridine rings is 1. The standard InChI is InChI=1S/C20H19ClN2O5/c1-23-10-12(19(24)11-6-5-7-15(26-2)18(11)23)20(25)22-14-9-16(27-3)13(21)8-17(14)28-4/h5-10H,1-4H3,(H,22,25). The Morgan fingerprint density at radius 2 is 1.71 bits per heavy atom. The van der Waals surface area contributed by atoms with Gasteiger partial charge in [0.1, 0.15) is 22.8 Å². The second kappa shape index (κ2) is 7.82. The molecule has 3 aromatic rings. The summed E-state index contributed by atoms with van der Waals surface area (Å²) < 4.78 is 17.4. The molecule has 0 saturated carbocycles. The molecular formula is C20H19ClN2O5. The van der Waals surface area contributed by atoms with Gasteiger partial charge >= 0.3 is 0 Å². The number of carbonyl (C=O) groups excluding carboxylic acids is 1. The Kier molecular flexibility index (Phi) is 5.46. The van der Waals surface area contributed by atoms with E-state index >= 15 is 0 Å². The van der Waals surface area contributed by atoms with Crippen molar-refractivity contribution >= 4 is 34.1 Å². The lowest BCUT2D eigenvalue weighted by Crippen LogP contribution is -2.23. The minimum absolute atomic E-state index is 0.0146. The molecule has 2 aromatic carbocycles. The number of halogens is 1. The summed E-state index contributed by atoms with van der Waals surface area (Å²) in [5.74, 6) is 0.688. The van der Waals surface area contributed by atoms with E-state index in [0.717, 1.165) is 0 Å². The third kappa shape index (κ3) is 3.36. The maximum atomic E-state index is 12.9. The summed E-state index contributed by atoms with van der Waals surface area (Å²) in [6, 6.07) is 8.18. The summed E-state index contributed by atoms with van der Waals surface area (Å²) in [5.41, 5.74) is 0.530. The number of benzene rings is 2. The molecule has 1 N–H and O–H groups in total. The summed E-state index contributed by atoms with van der Waals surface area (Å²) in [6.07, 6.45) is 1.47. The number of fused-ring (bicyclic) bond motifs is 1. The smallest absolute Gasteiger partial charge is 0.261 e. The highest BCUT2D eigenvalue weighted by atomic mass is 35.5. The van der Waals surface area contributed by atoms with E-state index in [4.69, 9.17) is 25.8 Å². The number of aryl methyl sites for hydroxylation is 1. The first kappa shape index (κ1) is 19.6. The van der Waals surface area contributed by atoms with Gasteiger partial charge in [0.15, 0.2) is 0 Å². The van der Waals surface area contributed by atoms with Gasteiger partial charge in [-0.25, -0.2) is 0 Å². The molecule has 0 aliphatic heterocycles. The van der Waals surface area contributed by atoms with Crippen LogP contribution in [-0.2, 0) is 7.05 Å². The Morgan fingerprint density at radius 3 is 2.36 bits per heavy atom. The van der Waals surface area contributed by atoms with Crippen LogP contribution in [0.2, 0.25) is 5.02 Å². The maximum Gasteiger partial charge on any atom is 0.261 e. The van der Waals surface area contributed by atoms with Crippen LogP contribution in [0.4, 0.5) is 5.69 Å². The molecule has 3 rings (SSSR count). The molecule has 146 valence electrons. The Balaban J connectivity index is 2.08. The first-order chi connectivity index (χ1) is 13.4. The van der Waals surface area contributed by atoms with Crippen molar-refractivity contribution in [2.75, 3.05) is 26.6 Å². The highest BCUT2D eigenvalue weighted by Crippen LogP contribution is 2.36. The molecule has 0 radical (unpaired) electrons. The molecule has 0 aliphatic carbocycles. The second-order valence-corrected chi connectivity index (χ2v) is 6.39. The van der Waals surface area contributed by atoms with Crippen LogP contribution in [0.15, 0.2) is 41.3 Å². The number of hydrogen-bond donors (Lipinski definition) is 1. The van der Waals surface area contributed by atoms with Gasteiger partial charge in [-0.05, 0) is 12.1 Å². The van der Waals surface area contributed by atoms with Gasteiger partial charge in [0, 0.05) is 25.4 Å². The van der Waals surface area contributed by atoms with Gasteiger partial charge in [0.25, 0.3) is 5.91 Å². The van der Waals surface area contributed by atoms with Crippen molar-refractivity contribution in [1.29, 1.82) is 0 Å². The van der Waals surface area contributed by atoms with Crippen LogP contribution in [0.5, 0.6) is 17.2 Å². The van der Waals surface area contributed by atoms with Crippen molar-refractivity contribution in [2.45, 2.75) is 0 Å². The van der Waals surface area contributed by atoms with Crippen molar-refractivity contribution in [1.82, 2.24) is 4.57 Å². The monoisotopic (exact) mass is 402 g/mol. The Morgan fingerprint density at radius 1 is 1.04 bits per heavy atom. The molecule has 0 atom stereocenters. The van der Waals surface area contributed by atoms with Crippen LogP contribution in [0.3, 0.4) is 0 Å². The van der Waals surface area contributed by atoms with Crippen LogP contribution < -0.4 is 25.0 Å². The normalized spacial score (nSPS) is 10.6. The van der Waals surface area contributed by atoms with E-state index in [9.17, 15) is 9.59 Å². The number of rotatable bonds is 5. The number of nitrogens with zero attached hydrogens (tertiary/aromatic N) is 1. The lowest BCUT2D eigenvalue weighted by molar-refractivity contribution is 0.102. The van der Waals surface area contributed by atoms with Crippen LogP contribution >= 0.6 is 11.6 Å². The second-order valence-electron chi connectivity index (χ2n) is 5.98. The summed E-state index contributed by atoms with van der Waals surface area (Å²) in [7, 11) is 6.19. The Labute approximate surface area is 166 Å². The zero-order valence-electron chi connectivity index (χ0n) is 15.8. The molecule has 0 spiro atoms. The highest BCUT2D eigenvalue weighted by Gasteiger charge is 2.19. The fourth-order valence-corrected chi connectivity index (χ4v) is 3.24. The van der Waals surface area contributed by atoms with E-state index in [1.807, 2.05) is 0 Å². The fraction of sp³-hybridized carbons (Fsp3) is 0.200. The van der Waals surface area contributed by atoms with Gasteiger partial charge < -0.3 is 24.1 Å². The van der Waals surface area contributed by atoms with Crippen molar-refractivity contribution in [3.8, 4) is 17.2 Å². The maximum absolute atomic E-state index is 12.9. The van der Waals surface area contributed by atoms with Crippen molar-refractivity contribution in [3.05, 3.63) is 57.3 Å². The number of nitrogens with one attached hydrogen (secondary N) is 1. The number of carbonyl (C=O) groups is 1. The molecule has 7 nitrogen and oxygen atoms in total. The SMILES string of the molecule is COc1cc(NC(=O)c2cn(C)c3c(OC)cccc3c2=O)c(OC)cc1Cl. The summed E-state index contributed by atoms with van der Waals surface area (Å²) in [6.45, 7) is 0. The number of amides is 1. The summed E-state index contributed by atoms with van der Waals surface area (Å²) in [5, 5.41) is 3.42. The summed E-state index contributed by atoms with van der Waals surface area (Å²) >= 11 is 6.09. The molecule has 0 aliphatic rings. The molecule has 1 amide bonds. The van der Waals surface area contributed by atoms with E-state index in [1.165, 1.54) is 39.7 Å². The molecule has 0 fully saturated rings. The number of anilines is 1. The van der Waals surface area contributed by atoms with Crippen LogP contribution in [-0.4, -0.2) is 31.8 Å². The Bertz CT molecular complexity index is 1120. The third-order valence-electron chi connectivity index (χ3n) is 4.35. The van der Waals surface area contributed by atoms with Crippen LogP contribution in [0.1, 0.15) is 10.4 Å². The third-order valence-corrected chi connectivity index (χ3v) is 4.65. The predicted molar refractivity (Wildman–Crippen MR) is 108 cm³/mol. The fourth-order valence-electron chi connectivity index (χ4n) is 3.01. The van der Waals surface area contributed by atoms with Crippen molar-refractivity contribution < 1.29 is 19.0 Å². The van der Waals surface area contributed by atoms with E-state index < -0.39 is 11.3 Å². The van der Waals surface area contributed by atoms with E-state index in [-0.39, 0.29) is 5.56 Å². The highest BCUT2D eigenvalue weighted by molar-refractivity contribution is 6.32. The van der Waals surface area contributed by atoms with Gasteiger partial charge in [-0.2, -0.15) is 0 Å². The average molecular weight is 403 g/mol. The van der Waals surface area contributed by atoms with E-state index in [0.29, 0.717) is 38.9 Å². The Hall–Kier alpha value is -3.19. The molecule has 0 saturated heterocycles. The molecule has 0 bridgehead atoms. The minimum atomic E-state index is -0.576. The first-order valence-electron chi connectivity index (χ1n) is 8.30. The lowest BCUT2D eigenvalue weighted by atomic mass is 10.1. The van der Waals surface area contributed by atoms with Gasteiger partial charge in [-0.1, -0.05) is 17.7 Å². The zero-order chi connectivity index (χ0) is 20.4. The largest absolute Gasteiger partial charge is 0.495 e. The molecular weight excluding hydrogens is 384 g/mol. The van der Waals surface area contributed by atoms with Crippen molar-refractivity contribution in [2.24, 2.45) is 7.05 Å². The topological polar surface area (TPSA) is 78.8 Å². The van der Waals surface area contributed by atoms with Gasteiger partial charge in [0.2, 0.25) is 5.43 Å². The lowest BCUT2D eigenvalue weighted by Gasteiger charge is -2.14. The number of para-hydroxylation sites is 1. The van der Waals surface area contributed by atoms with Gasteiger partial charge in [-0.15, -0.1) is 0 Å². The molecule has 0 unspecified atom stereocenters.